The highest BCUT2D eigenvalue weighted by atomic mass is 16.2. The second-order valence-corrected chi connectivity index (χ2v) is 8.11. The summed E-state index contributed by atoms with van der Waals surface area (Å²) in [5, 5.41) is 7.81. The number of nitrogens with one attached hydrogen (secondary N) is 1. The summed E-state index contributed by atoms with van der Waals surface area (Å²) in [5.74, 6) is 0.645. The number of likely N-dealkylation sites (tertiary alicyclic amines) is 2. The van der Waals surface area contributed by atoms with Crippen LogP contribution in [0.25, 0.3) is 0 Å². The van der Waals surface area contributed by atoms with E-state index in [4.69, 9.17) is 0 Å². The largest absolute Gasteiger partial charge is 0.333 e. The van der Waals surface area contributed by atoms with E-state index in [9.17, 15) is 4.79 Å². The molecule has 0 aromatic carbocycles. The Kier molecular flexibility index (Phi) is 4.97. The van der Waals surface area contributed by atoms with E-state index in [1.165, 1.54) is 19.3 Å². The lowest BCUT2D eigenvalue weighted by atomic mass is 9.84. The van der Waals surface area contributed by atoms with Crippen LogP contribution in [0.2, 0.25) is 0 Å². The van der Waals surface area contributed by atoms with Crippen LogP contribution in [-0.2, 0) is 0 Å². The van der Waals surface area contributed by atoms with Crippen LogP contribution in [0.1, 0.15) is 51.0 Å². The van der Waals surface area contributed by atoms with E-state index in [0.29, 0.717) is 18.0 Å². The molecule has 1 aliphatic carbocycles. The molecule has 2 aliphatic heterocycles. The molecule has 25 heavy (non-hydrogen) atoms. The molecule has 4 atom stereocenters. The van der Waals surface area contributed by atoms with Gasteiger partial charge in [-0.15, -0.1) is 0 Å². The zero-order valence-corrected chi connectivity index (χ0v) is 15.3. The van der Waals surface area contributed by atoms with Gasteiger partial charge in [-0.3, -0.25) is 4.68 Å². The highest BCUT2D eigenvalue weighted by Crippen LogP contribution is 2.32. The topological polar surface area (TPSA) is 53.4 Å². The van der Waals surface area contributed by atoms with Crippen LogP contribution in [0.4, 0.5) is 4.79 Å². The van der Waals surface area contributed by atoms with Crippen LogP contribution >= 0.6 is 0 Å². The number of fused-ring (bicyclic) bond motifs is 1. The molecule has 3 heterocycles. The molecule has 0 spiro atoms. The van der Waals surface area contributed by atoms with Crippen molar-refractivity contribution >= 4 is 6.03 Å². The third kappa shape index (κ3) is 3.54. The molecule has 0 unspecified atom stereocenters. The Bertz CT molecular complexity index is 574. The number of urea groups is 1. The smallest absolute Gasteiger partial charge is 0.317 e. The van der Waals surface area contributed by atoms with Gasteiger partial charge in [-0.05, 0) is 57.7 Å². The van der Waals surface area contributed by atoms with Crippen molar-refractivity contribution in [2.45, 2.75) is 63.1 Å². The van der Waals surface area contributed by atoms with E-state index in [1.54, 1.807) is 0 Å². The first-order valence-corrected chi connectivity index (χ1v) is 9.97. The van der Waals surface area contributed by atoms with Gasteiger partial charge in [0.05, 0.1) is 12.1 Å². The SMILES string of the molecule is CN1CC[C@@H]2[C@H](CCCN2C(=O)N[C@H]2CCCC[C@H]2n2cccn2)C1. The fourth-order valence-electron chi connectivity index (χ4n) is 5.15. The van der Waals surface area contributed by atoms with Gasteiger partial charge in [0, 0.05) is 31.5 Å². The molecule has 1 aromatic rings. The minimum atomic E-state index is 0.156. The Morgan fingerprint density at radius 2 is 1.96 bits per heavy atom. The van der Waals surface area contributed by atoms with Crippen LogP contribution in [0.3, 0.4) is 0 Å². The number of rotatable bonds is 2. The minimum absolute atomic E-state index is 0.156. The summed E-state index contributed by atoms with van der Waals surface area (Å²) < 4.78 is 2.04. The number of nitrogens with zero attached hydrogens (tertiary/aromatic N) is 4. The summed E-state index contributed by atoms with van der Waals surface area (Å²) in [6, 6.07) is 3.06. The Morgan fingerprint density at radius 1 is 1.08 bits per heavy atom. The summed E-state index contributed by atoms with van der Waals surface area (Å²) in [5.41, 5.74) is 0. The van der Waals surface area contributed by atoms with Gasteiger partial charge < -0.3 is 15.1 Å². The van der Waals surface area contributed by atoms with Gasteiger partial charge in [0.15, 0.2) is 0 Å². The van der Waals surface area contributed by atoms with Crippen LogP contribution < -0.4 is 5.32 Å². The van der Waals surface area contributed by atoms with E-state index in [1.807, 2.05) is 23.1 Å². The maximum absolute atomic E-state index is 13.1. The lowest BCUT2D eigenvalue weighted by Crippen LogP contribution is -2.59. The number of hydrogen-bond donors (Lipinski definition) is 1. The molecule has 0 radical (unpaired) electrons. The van der Waals surface area contributed by atoms with Gasteiger partial charge in [0.2, 0.25) is 0 Å². The zero-order valence-electron chi connectivity index (χ0n) is 15.3. The van der Waals surface area contributed by atoms with Gasteiger partial charge >= 0.3 is 6.03 Å². The molecular weight excluding hydrogens is 314 g/mol. The highest BCUT2D eigenvalue weighted by Gasteiger charge is 2.38. The summed E-state index contributed by atoms with van der Waals surface area (Å²) >= 11 is 0. The van der Waals surface area contributed by atoms with Crippen molar-refractivity contribution in [1.29, 1.82) is 0 Å². The molecule has 6 heteroatoms. The van der Waals surface area contributed by atoms with Gasteiger partial charge in [-0.2, -0.15) is 5.10 Å². The molecular formula is C19H31N5O. The summed E-state index contributed by atoms with van der Waals surface area (Å²) in [6.07, 6.45) is 11.9. The van der Waals surface area contributed by atoms with Gasteiger partial charge in [-0.25, -0.2) is 4.79 Å². The van der Waals surface area contributed by atoms with Crippen molar-refractivity contribution in [2.24, 2.45) is 5.92 Å². The summed E-state index contributed by atoms with van der Waals surface area (Å²) in [6.45, 7) is 3.15. The van der Waals surface area contributed by atoms with E-state index in [-0.39, 0.29) is 12.1 Å². The minimum Gasteiger partial charge on any atom is -0.333 e. The van der Waals surface area contributed by atoms with Crippen LogP contribution in [0, 0.1) is 5.92 Å². The predicted molar refractivity (Wildman–Crippen MR) is 97.4 cm³/mol. The molecule has 1 N–H and O–H groups in total. The third-order valence-corrected chi connectivity index (χ3v) is 6.44. The molecule has 1 saturated carbocycles. The predicted octanol–water partition coefficient (Wildman–Crippen LogP) is 2.49. The van der Waals surface area contributed by atoms with Crippen LogP contribution in [-0.4, -0.2) is 64.4 Å². The molecule has 2 saturated heterocycles. The van der Waals surface area contributed by atoms with Crippen molar-refractivity contribution in [3.8, 4) is 0 Å². The fraction of sp³-hybridized carbons (Fsp3) is 0.789. The van der Waals surface area contributed by atoms with Crippen LogP contribution in [0.5, 0.6) is 0 Å². The zero-order chi connectivity index (χ0) is 17.2. The van der Waals surface area contributed by atoms with E-state index >= 15 is 0 Å². The Hall–Kier alpha value is -1.56. The normalized spacial score (nSPS) is 33.7. The Balaban J connectivity index is 1.43. The Labute approximate surface area is 150 Å². The molecule has 4 rings (SSSR count). The van der Waals surface area contributed by atoms with E-state index in [2.05, 4.69) is 27.3 Å². The number of amides is 2. The molecule has 1 aromatic heterocycles. The number of piperidine rings is 2. The second-order valence-electron chi connectivity index (χ2n) is 8.11. The first kappa shape index (κ1) is 16.9. The lowest BCUT2D eigenvalue weighted by molar-refractivity contribution is 0.0508. The maximum atomic E-state index is 13.1. The van der Waals surface area contributed by atoms with Crippen molar-refractivity contribution in [3.05, 3.63) is 18.5 Å². The number of carbonyl (C=O) groups excluding carboxylic acids is 1. The highest BCUT2D eigenvalue weighted by molar-refractivity contribution is 5.75. The molecule has 0 bridgehead atoms. The van der Waals surface area contributed by atoms with Crippen LogP contribution in [0.15, 0.2) is 18.5 Å². The first-order valence-electron chi connectivity index (χ1n) is 9.97. The van der Waals surface area contributed by atoms with E-state index in [0.717, 1.165) is 45.3 Å². The van der Waals surface area contributed by atoms with Gasteiger partial charge in [0.25, 0.3) is 0 Å². The first-order chi connectivity index (χ1) is 12.2. The molecule has 6 nitrogen and oxygen atoms in total. The molecule has 2 amide bonds. The number of carbonyl (C=O) groups is 1. The monoisotopic (exact) mass is 345 g/mol. The molecule has 3 aliphatic rings. The lowest BCUT2D eigenvalue weighted by Gasteiger charge is -2.47. The Morgan fingerprint density at radius 3 is 2.80 bits per heavy atom. The average molecular weight is 345 g/mol. The molecule has 3 fully saturated rings. The van der Waals surface area contributed by atoms with Crippen molar-refractivity contribution in [3.63, 3.8) is 0 Å². The fourth-order valence-corrected chi connectivity index (χ4v) is 5.15. The van der Waals surface area contributed by atoms with Crippen molar-refractivity contribution in [2.75, 3.05) is 26.7 Å². The molecule has 138 valence electrons. The maximum Gasteiger partial charge on any atom is 0.317 e. The summed E-state index contributed by atoms with van der Waals surface area (Å²) in [7, 11) is 2.20. The van der Waals surface area contributed by atoms with Gasteiger partial charge in [-0.1, -0.05) is 12.8 Å². The van der Waals surface area contributed by atoms with Crippen molar-refractivity contribution in [1.82, 2.24) is 24.9 Å². The third-order valence-electron chi connectivity index (χ3n) is 6.44. The summed E-state index contributed by atoms with van der Waals surface area (Å²) in [4.78, 5) is 17.7. The van der Waals surface area contributed by atoms with Gasteiger partial charge in [0.1, 0.15) is 0 Å². The quantitative estimate of drug-likeness (QED) is 0.896. The number of hydrogen-bond acceptors (Lipinski definition) is 3. The number of aromatic nitrogens is 2. The van der Waals surface area contributed by atoms with E-state index < -0.39 is 0 Å². The standard InChI is InChI=1S/C19H31N5O/c1-22-13-9-17-15(14-22)6-4-11-23(17)19(25)21-16-7-2-3-8-18(16)24-12-5-10-20-24/h5,10,12,15-18H,2-4,6-9,11,13-14H2,1H3,(H,21,25)/t15-,16+,17-,18-/m1/s1. The van der Waals surface area contributed by atoms with Crippen molar-refractivity contribution < 1.29 is 4.79 Å². The average Bonchev–Trinajstić information content (AvgIpc) is 3.16. The second kappa shape index (κ2) is 7.36.